The maximum Gasteiger partial charge on any atom is 0.329 e. The molecule has 0 saturated carbocycles. The molecule has 27 nitrogen and oxygen atoms in total. The number of benzene rings is 6. The monoisotopic (exact) mass is 1660 g/mol. The lowest BCUT2D eigenvalue weighted by Gasteiger charge is -2.18. The Balaban J connectivity index is 0.000000351. The molecule has 0 aliphatic heterocycles. The normalized spacial score (nSPS) is 12.2. The first-order valence-corrected chi connectivity index (χ1v) is 37.9. The van der Waals surface area contributed by atoms with Crippen LogP contribution in [0.25, 0.3) is 33.4 Å². The average Bonchev–Trinajstić information content (AvgIpc) is 0.822. The molecule has 6 rings (SSSR count). The van der Waals surface area contributed by atoms with Crippen LogP contribution in [-0.2, 0) is 71.7 Å². The molecule has 0 saturated heterocycles. The predicted octanol–water partition coefficient (Wildman–Crippen LogP) is 7.96. The number of thioether (sulfide) groups is 6. The van der Waals surface area contributed by atoms with Crippen molar-refractivity contribution in [1.82, 2.24) is 31.9 Å². The van der Waals surface area contributed by atoms with Gasteiger partial charge in [0.25, 0.3) is 0 Å². The van der Waals surface area contributed by atoms with E-state index in [1.54, 1.807) is 0 Å². The van der Waals surface area contributed by atoms with Gasteiger partial charge in [-0.15, -0.1) is 0 Å². The molecule has 0 heterocycles. The molecule has 594 valence electrons. The molecule has 9 N–H and O–H groups in total. The van der Waals surface area contributed by atoms with Crippen LogP contribution in [0.2, 0.25) is 0 Å². The van der Waals surface area contributed by atoms with Crippen molar-refractivity contribution in [3.05, 3.63) is 161 Å². The summed E-state index contributed by atoms with van der Waals surface area (Å²) in [6, 6.07) is 13.4. The van der Waals surface area contributed by atoms with Crippen LogP contribution >= 0.6 is 70.6 Å². The van der Waals surface area contributed by atoms with E-state index in [1.165, 1.54) is 114 Å². The van der Waals surface area contributed by atoms with Crippen molar-refractivity contribution in [2.45, 2.75) is 77.8 Å². The Morgan fingerprint density at radius 2 is 0.514 bits per heavy atom. The van der Waals surface area contributed by atoms with E-state index in [9.17, 15) is 114 Å². The van der Waals surface area contributed by atoms with Gasteiger partial charge in [0.2, 0.25) is 66.1 Å². The molecular weight excluding hydrogens is 1590 g/mol. The number of nitrogens with one attached hydrogen (secondary N) is 6. The van der Waals surface area contributed by atoms with E-state index in [0.717, 1.165) is 39.5 Å². The van der Waals surface area contributed by atoms with Crippen molar-refractivity contribution < 1.29 is 128 Å². The summed E-state index contributed by atoms with van der Waals surface area (Å²) in [5.41, 5.74) is 0.175. The Kier molecular flexibility index (Phi) is 38.3. The highest BCUT2D eigenvalue weighted by Gasteiger charge is 2.32. The number of phenols is 3. The van der Waals surface area contributed by atoms with Crippen LogP contribution in [0.15, 0.2) is 109 Å². The zero-order chi connectivity index (χ0) is 83.1. The van der Waals surface area contributed by atoms with Crippen LogP contribution in [-0.4, -0.2) is 191 Å². The molecule has 0 spiro atoms. The van der Waals surface area contributed by atoms with Gasteiger partial charge < -0.3 is 61.4 Å². The van der Waals surface area contributed by atoms with Crippen molar-refractivity contribution in [3.8, 4) is 50.6 Å². The van der Waals surface area contributed by atoms with Gasteiger partial charge in [-0.2, -0.15) is 0 Å². The molecule has 0 aliphatic carbocycles. The number of carbonyl (C=O) groups is 15. The van der Waals surface area contributed by atoms with Crippen molar-refractivity contribution in [2.75, 3.05) is 55.8 Å². The quantitative estimate of drug-likeness (QED) is 0.0117. The third-order valence-corrected chi connectivity index (χ3v) is 20.4. The molecule has 6 atom stereocenters. The highest BCUT2D eigenvalue weighted by molar-refractivity contribution is 8.16. The Bertz CT molecular complexity index is 4070. The standard InChI is InChI=1S/3C24H24F2N2O7S2/c3*1-12(29)27-19(22(32)35-3)10-37-24(34)20(28-13(2)30)11-36-23(33)17-8-14(4-7-21(17)31)16-6-5-15(25)9-18(16)26/h3*4-9,19-20,31H,10-11H2,1-3H3,(H,27,29)(H,28,30)/t2*19-,20-;/m10./s1. The van der Waals surface area contributed by atoms with Gasteiger partial charge in [-0.3, -0.25) is 57.5 Å². The van der Waals surface area contributed by atoms with E-state index in [-0.39, 0.29) is 84.6 Å². The summed E-state index contributed by atoms with van der Waals surface area (Å²) in [4.78, 5) is 181. The average molecular weight is 1660 g/mol. The smallest absolute Gasteiger partial charge is 0.329 e. The second-order valence-corrected chi connectivity index (χ2v) is 28.9. The van der Waals surface area contributed by atoms with E-state index in [4.69, 9.17) is 0 Å². The van der Waals surface area contributed by atoms with E-state index in [2.05, 4.69) is 46.1 Å². The SMILES string of the molecule is COC(=O)C(CSC(=O)C(CSC(=O)c1cc(-c2ccc(F)cc2F)ccc1O)NC(C)=O)NC(C)=O.COC(=O)[C@@H](CSC(=O)[C@@H](CSC(=O)c1cc(-c2ccc(F)cc2F)ccc1O)NC(C)=O)NC(C)=O.COC(=O)[C@H](CSC(=O)[C@H](CSC(=O)c1cc(-c2ccc(F)cc2F)ccc1O)NC(C)=O)NC(C)=O. The summed E-state index contributed by atoms with van der Waals surface area (Å²) in [7, 11) is 3.38. The van der Waals surface area contributed by atoms with Crippen molar-refractivity contribution >= 4 is 155 Å². The fraction of sp³-hybridized carbons (Fsp3) is 0.292. The van der Waals surface area contributed by atoms with Gasteiger partial charge in [0.1, 0.15) is 88.4 Å². The number of carbonyl (C=O) groups excluding carboxylic acids is 15. The number of halogens is 6. The molecule has 0 aliphatic rings. The molecule has 6 amide bonds. The van der Waals surface area contributed by atoms with Crippen LogP contribution in [0.1, 0.15) is 72.6 Å². The third-order valence-electron chi connectivity index (χ3n) is 14.3. The highest BCUT2D eigenvalue weighted by atomic mass is 32.2. The number of hydrogen-bond donors (Lipinski definition) is 9. The third kappa shape index (κ3) is 30.8. The van der Waals surface area contributed by atoms with Crippen molar-refractivity contribution in [3.63, 3.8) is 0 Å². The van der Waals surface area contributed by atoms with Gasteiger partial charge in [-0.25, -0.2) is 40.7 Å². The summed E-state index contributed by atoms with van der Waals surface area (Å²) in [6.45, 7) is 7.12. The number of esters is 3. The Labute approximate surface area is 655 Å². The Morgan fingerprint density at radius 3 is 0.712 bits per heavy atom. The topological polar surface area (TPSA) is 417 Å². The maximum atomic E-state index is 14.2. The molecule has 0 fully saturated rings. The number of hydrogen-bond acceptors (Lipinski definition) is 27. The van der Waals surface area contributed by atoms with Crippen LogP contribution in [0.3, 0.4) is 0 Å². The zero-order valence-corrected chi connectivity index (χ0v) is 64.9. The van der Waals surface area contributed by atoms with Gasteiger partial charge in [0.05, 0.1) is 38.0 Å². The Hall–Kier alpha value is -10.4. The summed E-state index contributed by atoms with van der Waals surface area (Å²) in [6.07, 6.45) is 0. The molecular formula is C72H72F6N6O21S6. The van der Waals surface area contributed by atoms with Gasteiger partial charge in [-0.05, 0) is 89.5 Å². The second-order valence-electron chi connectivity index (χ2n) is 22.8. The zero-order valence-electron chi connectivity index (χ0n) is 60.0. The second kappa shape index (κ2) is 45.7. The molecule has 6 aromatic carbocycles. The summed E-state index contributed by atoms with van der Waals surface area (Å²) < 4.78 is 96.1. The fourth-order valence-electron chi connectivity index (χ4n) is 9.19. The van der Waals surface area contributed by atoms with Crippen LogP contribution in [0.4, 0.5) is 26.3 Å². The number of aromatic hydroxyl groups is 3. The first-order valence-electron chi connectivity index (χ1n) is 32.0. The summed E-state index contributed by atoms with van der Waals surface area (Å²) >= 11 is 3.85. The largest absolute Gasteiger partial charge is 0.507 e. The molecule has 0 bridgehead atoms. The number of ether oxygens (including phenoxy) is 3. The summed E-state index contributed by atoms with van der Waals surface area (Å²) in [5, 5.41) is 41.1. The maximum absolute atomic E-state index is 14.2. The molecule has 39 heteroatoms. The minimum atomic E-state index is -1.15. The molecule has 2 unspecified atom stereocenters. The number of phenolic OH excluding ortho intramolecular Hbond substituents is 3. The van der Waals surface area contributed by atoms with E-state index < -0.39 is 172 Å². The predicted molar refractivity (Wildman–Crippen MR) is 405 cm³/mol. The van der Waals surface area contributed by atoms with Crippen LogP contribution in [0.5, 0.6) is 17.2 Å². The van der Waals surface area contributed by atoms with Crippen LogP contribution in [0, 0.1) is 34.9 Å². The van der Waals surface area contributed by atoms with Crippen molar-refractivity contribution in [1.29, 1.82) is 0 Å². The molecule has 0 aromatic heterocycles. The summed E-state index contributed by atoms with van der Waals surface area (Å²) in [5.74, 6) is -12.7. The van der Waals surface area contributed by atoms with Gasteiger partial charge in [-0.1, -0.05) is 88.8 Å². The first kappa shape index (κ1) is 93.0. The lowest BCUT2D eigenvalue weighted by atomic mass is 10.0. The minimum absolute atomic E-state index is 0.0162. The van der Waals surface area contributed by atoms with Gasteiger partial charge >= 0.3 is 17.9 Å². The van der Waals surface area contributed by atoms with Crippen LogP contribution < -0.4 is 31.9 Å². The van der Waals surface area contributed by atoms with Crippen molar-refractivity contribution in [2.24, 2.45) is 0 Å². The number of amides is 6. The highest BCUT2D eigenvalue weighted by Crippen LogP contribution is 2.35. The van der Waals surface area contributed by atoms with Gasteiger partial charge in [0.15, 0.2) is 0 Å². The molecule has 6 aromatic rings. The number of methoxy groups -OCH3 is 3. The molecule has 111 heavy (non-hydrogen) atoms. The molecule has 0 radical (unpaired) electrons. The lowest BCUT2D eigenvalue weighted by Crippen LogP contribution is -2.44. The first-order chi connectivity index (χ1) is 52.3. The number of rotatable bonds is 30. The fourth-order valence-corrected chi connectivity index (χ4v) is 14.8. The van der Waals surface area contributed by atoms with Gasteiger partial charge in [0, 0.05) is 111 Å². The lowest BCUT2D eigenvalue weighted by molar-refractivity contribution is -0.144. The van der Waals surface area contributed by atoms with E-state index in [1.807, 2.05) is 0 Å². The van der Waals surface area contributed by atoms with E-state index >= 15 is 0 Å². The van der Waals surface area contributed by atoms with E-state index in [0.29, 0.717) is 88.8 Å². The minimum Gasteiger partial charge on any atom is -0.507 e. The Morgan fingerprint density at radius 1 is 0.306 bits per heavy atom.